The molecule has 0 radical (unpaired) electrons. The van der Waals surface area contributed by atoms with E-state index in [2.05, 4.69) is 10.1 Å². The Balaban J connectivity index is 2.10. The van der Waals surface area contributed by atoms with Gasteiger partial charge in [-0.1, -0.05) is 0 Å². The molecule has 0 saturated carbocycles. The first-order valence-electron chi connectivity index (χ1n) is 6.90. The molecule has 1 atom stereocenters. The number of hydrogen-bond acceptors (Lipinski definition) is 3. The minimum atomic E-state index is -3.12. The minimum Gasteiger partial charge on any atom is -0.481 e. The van der Waals surface area contributed by atoms with Crippen molar-refractivity contribution in [2.45, 2.75) is 19.5 Å². The van der Waals surface area contributed by atoms with Crippen molar-refractivity contribution in [3.63, 3.8) is 0 Å². The van der Waals surface area contributed by atoms with Gasteiger partial charge >= 0.3 is 18.6 Å². The molecule has 23 heavy (non-hydrogen) atoms. The zero-order valence-corrected chi connectivity index (χ0v) is 12.0. The van der Waals surface area contributed by atoms with Crippen LogP contribution in [0, 0.1) is 11.7 Å². The highest BCUT2D eigenvalue weighted by atomic mass is 19.3. The number of nitrogens with one attached hydrogen (secondary N) is 1. The Morgan fingerprint density at radius 2 is 2.13 bits per heavy atom. The number of carbonyl (C=O) groups is 2. The molecule has 1 aromatic rings. The monoisotopic (exact) mass is 332 g/mol. The number of carboxylic acid groups (broad SMARTS) is 1. The third-order valence-corrected chi connectivity index (χ3v) is 3.46. The van der Waals surface area contributed by atoms with Crippen LogP contribution in [-0.4, -0.2) is 41.7 Å². The van der Waals surface area contributed by atoms with Crippen molar-refractivity contribution in [2.75, 3.05) is 18.4 Å². The Morgan fingerprint density at radius 3 is 2.78 bits per heavy atom. The van der Waals surface area contributed by atoms with E-state index in [1.54, 1.807) is 0 Å². The Bertz CT molecular complexity index is 597. The molecule has 6 nitrogen and oxygen atoms in total. The van der Waals surface area contributed by atoms with E-state index in [-0.39, 0.29) is 18.0 Å². The number of nitrogens with zero attached hydrogens (tertiary/aromatic N) is 1. The summed E-state index contributed by atoms with van der Waals surface area (Å²) in [6.45, 7) is -2.79. The van der Waals surface area contributed by atoms with Crippen LogP contribution in [0.2, 0.25) is 0 Å². The molecule has 1 saturated heterocycles. The number of halogens is 3. The van der Waals surface area contributed by atoms with E-state index in [9.17, 15) is 22.8 Å². The number of benzene rings is 1. The Kier molecular flexibility index (Phi) is 5.30. The molecular formula is C14H15F3N2O4. The van der Waals surface area contributed by atoms with Crippen LogP contribution in [0.3, 0.4) is 0 Å². The van der Waals surface area contributed by atoms with E-state index in [0.717, 1.165) is 18.2 Å². The number of rotatable bonds is 4. The lowest BCUT2D eigenvalue weighted by Crippen LogP contribution is -2.44. The zero-order valence-electron chi connectivity index (χ0n) is 12.0. The second kappa shape index (κ2) is 7.21. The maximum atomic E-state index is 13.3. The highest BCUT2D eigenvalue weighted by Gasteiger charge is 2.28. The quantitative estimate of drug-likeness (QED) is 0.889. The molecule has 1 aromatic carbocycles. The smallest absolute Gasteiger partial charge is 0.387 e. The maximum Gasteiger partial charge on any atom is 0.387 e. The lowest BCUT2D eigenvalue weighted by Gasteiger charge is -2.30. The predicted molar refractivity (Wildman–Crippen MR) is 74.0 cm³/mol. The Labute approximate surface area is 129 Å². The third kappa shape index (κ3) is 4.51. The Morgan fingerprint density at radius 1 is 1.39 bits per heavy atom. The Hall–Kier alpha value is -2.45. The maximum absolute atomic E-state index is 13.3. The van der Waals surface area contributed by atoms with Crippen LogP contribution >= 0.6 is 0 Å². The fraction of sp³-hybridized carbons (Fsp3) is 0.429. The molecule has 0 bridgehead atoms. The van der Waals surface area contributed by atoms with Gasteiger partial charge < -0.3 is 20.1 Å². The van der Waals surface area contributed by atoms with E-state index in [1.807, 2.05) is 0 Å². The molecule has 2 rings (SSSR count). The molecule has 126 valence electrons. The van der Waals surface area contributed by atoms with E-state index in [4.69, 9.17) is 5.11 Å². The van der Waals surface area contributed by atoms with Crippen LogP contribution in [0.4, 0.5) is 23.7 Å². The van der Waals surface area contributed by atoms with Crippen LogP contribution in [-0.2, 0) is 4.79 Å². The van der Waals surface area contributed by atoms with E-state index in [1.165, 1.54) is 4.90 Å². The van der Waals surface area contributed by atoms with Crippen LogP contribution < -0.4 is 10.1 Å². The van der Waals surface area contributed by atoms with Crippen molar-refractivity contribution in [1.29, 1.82) is 0 Å². The van der Waals surface area contributed by atoms with Crippen LogP contribution in [0.25, 0.3) is 0 Å². The summed E-state index contributed by atoms with van der Waals surface area (Å²) in [5.41, 5.74) is -0.243. The first kappa shape index (κ1) is 16.9. The number of piperidine rings is 1. The van der Waals surface area contributed by atoms with Crippen LogP contribution in [0.5, 0.6) is 5.75 Å². The molecule has 1 fully saturated rings. The predicted octanol–water partition coefficient (Wildman–Crippen LogP) is 2.76. The van der Waals surface area contributed by atoms with Gasteiger partial charge in [0.15, 0.2) is 0 Å². The number of aliphatic carboxylic acids is 1. The summed E-state index contributed by atoms with van der Waals surface area (Å²) in [5, 5.41) is 11.3. The number of likely N-dealkylation sites (tertiary alicyclic amines) is 1. The number of amides is 2. The van der Waals surface area contributed by atoms with Crippen LogP contribution in [0.1, 0.15) is 12.8 Å². The van der Waals surface area contributed by atoms with Gasteiger partial charge in [0.25, 0.3) is 0 Å². The summed E-state index contributed by atoms with van der Waals surface area (Å²) >= 11 is 0. The summed E-state index contributed by atoms with van der Waals surface area (Å²) in [6.07, 6.45) is 0.965. The number of anilines is 1. The molecule has 1 aliphatic rings. The standard InChI is InChI=1S/C14H15F3N2O4/c15-9-3-4-11(23-13(16)17)10(6-9)18-14(22)19-5-1-2-8(7-19)12(20)21/h3-4,6,8,13H,1-2,5,7H2,(H,18,22)(H,20,21). The van der Waals surface area contributed by atoms with Crippen molar-refractivity contribution < 1.29 is 32.6 Å². The van der Waals surface area contributed by atoms with Gasteiger partial charge in [0, 0.05) is 19.2 Å². The third-order valence-electron chi connectivity index (χ3n) is 3.46. The average Bonchev–Trinajstić information content (AvgIpc) is 2.49. The molecule has 9 heteroatoms. The van der Waals surface area contributed by atoms with E-state index >= 15 is 0 Å². The molecular weight excluding hydrogens is 317 g/mol. The van der Waals surface area contributed by atoms with E-state index < -0.39 is 30.3 Å². The topological polar surface area (TPSA) is 78.9 Å². The van der Waals surface area contributed by atoms with Gasteiger partial charge in [0.2, 0.25) is 0 Å². The molecule has 2 amide bonds. The molecule has 1 unspecified atom stereocenters. The first-order valence-corrected chi connectivity index (χ1v) is 6.90. The number of carbonyl (C=O) groups excluding carboxylic acids is 1. The van der Waals surface area contributed by atoms with Gasteiger partial charge in [0.05, 0.1) is 11.6 Å². The van der Waals surface area contributed by atoms with Crippen LogP contribution in [0.15, 0.2) is 18.2 Å². The van der Waals surface area contributed by atoms with Gasteiger partial charge in [-0.2, -0.15) is 8.78 Å². The largest absolute Gasteiger partial charge is 0.481 e. The number of ether oxygens (including phenoxy) is 1. The zero-order chi connectivity index (χ0) is 17.0. The minimum absolute atomic E-state index is 0.00151. The van der Waals surface area contributed by atoms with Gasteiger partial charge in [-0.3, -0.25) is 4.79 Å². The highest BCUT2D eigenvalue weighted by Crippen LogP contribution is 2.28. The van der Waals surface area contributed by atoms with Gasteiger partial charge in [-0.05, 0) is 25.0 Å². The molecule has 1 heterocycles. The number of urea groups is 1. The lowest BCUT2D eigenvalue weighted by atomic mass is 9.99. The number of carboxylic acids is 1. The van der Waals surface area contributed by atoms with E-state index in [0.29, 0.717) is 19.4 Å². The molecule has 2 N–H and O–H groups in total. The second-order valence-electron chi connectivity index (χ2n) is 5.07. The fourth-order valence-electron chi connectivity index (χ4n) is 2.36. The summed E-state index contributed by atoms with van der Waals surface area (Å²) in [6, 6.07) is 2.07. The summed E-state index contributed by atoms with van der Waals surface area (Å²) in [5.74, 6) is -2.79. The number of hydrogen-bond donors (Lipinski definition) is 2. The van der Waals surface area contributed by atoms with Gasteiger partial charge in [0.1, 0.15) is 11.6 Å². The SMILES string of the molecule is O=C(O)C1CCCN(C(=O)Nc2cc(F)ccc2OC(F)F)C1. The summed E-state index contributed by atoms with van der Waals surface area (Å²) < 4.78 is 42.1. The highest BCUT2D eigenvalue weighted by molar-refractivity contribution is 5.91. The second-order valence-corrected chi connectivity index (χ2v) is 5.07. The van der Waals surface area contributed by atoms with Gasteiger partial charge in [-0.15, -0.1) is 0 Å². The molecule has 0 aliphatic carbocycles. The van der Waals surface area contributed by atoms with Crippen molar-refractivity contribution >= 4 is 17.7 Å². The lowest BCUT2D eigenvalue weighted by molar-refractivity contribution is -0.143. The number of alkyl halides is 2. The summed E-state index contributed by atoms with van der Waals surface area (Å²) in [4.78, 5) is 24.4. The van der Waals surface area contributed by atoms with Gasteiger partial charge in [-0.25, -0.2) is 9.18 Å². The summed E-state index contributed by atoms with van der Waals surface area (Å²) in [7, 11) is 0. The normalized spacial score (nSPS) is 17.9. The first-order chi connectivity index (χ1) is 10.9. The fourth-order valence-corrected chi connectivity index (χ4v) is 2.36. The molecule has 0 spiro atoms. The average molecular weight is 332 g/mol. The molecule has 0 aromatic heterocycles. The van der Waals surface area contributed by atoms with Crippen molar-refractivity contribution in [3.05, 3.63) is 24.0 Å². The van der Waals surface area contributed by atoms with Crippen molar-refractivity contribution in [2.24, 2.45) is 5.92 Å². The molecule has 1 aliphatic heterocycles. The van der Waals surface area contributed by atoms with Crippen molar-refractivity contribution in [1.82, 2.24) is 4.90 Å². The van der Waals surface area contributed by atoms with Crippen molar-refractivity contribution in [3.8, 4) is 5.75 Å².